The zero-order valence-corrected chi connectivity index (χ0v) is 13.5. The number of carbonyl (C=O) groups excluding carboxylic acids is 1. The molecular weight excluding hydrogens is 306 g/mol. The number of amides is 1. The van der Waals surface area contributed by atoms with Crippen molar-refractivity contribution >= 4 is 22.9 Å². The minimum atomic E-state index is -0.148. The van der Waals surface area contributed by atoms with Crippen LogP contribution in [0.5, 0.6) is 0 Å². The van der Waals surface area contributed by atoms with Crippen molar-refractivity contribution in [2.45, 2.75) is 13.0 Å². The Labute approximate surface area is 139 Å². The third kappa shape index (κ3) is 3.47. The van der Waals surface area contributed by atoms with Crippen molar-refractivity contribution < 1.29 is 4.79 Å². The first-order chi connectivity index (χ1) is 11.1. The van der Waals surface area contributed by atoms with E-state index < -0.39 is 0 Å². The van der Waals surface area contributed by atoms with Crippen molar-refractivity contribution in [1.29, 1.82) is 0 Å². The summed E-state index contributed by atoms with van der Waals surface area (Å²) < 4.78 is 0. The number of rotatable bonds is 4. The van der Waals surface area contributed by atoms with E-state index in [2.05, 4.69) is 10.3 Å². The number of nitrogens with one attached hydrogen (secondary N) is 1. The Morgan fingerprint density at radius 3 is 2.65 bits per heavy atom. The minimum Gasteiger partial charge on any atom is -0.324 e. The maximum atomic E-state index is 12.5. The molecule has 1 aromatic carbocycles. The van der Waals surface area contributed by atoms with Crippen LogP contribution in [0, 0.1) is 0 Å². The molecule has 3 rings (SSSR count). The standard InChI is InChI=1S/C18H17N3OS/c1-12(19)15-5-4-13(11-16(15)17-3-2-10-23-17)18(22)21-14-6-8-20-9-7-14/h2-12H,19H2,1H3,(H,20,21,22)/t12-/m0/s1. The number of aromatic nitrogens is 1. The molecule has 0 aliphatic heterocycles. The van der Waals surface area contributed by atoms with E-state index in [0.717, 1.165) is 21.7 Å². The van der Waals surface area contributed by atoms with Crippen molar-refractivity contribution in [3.05, 3.63) is 71.4 Å². The monoisotopic (exact) mass is 323 g/mol. The normalized spacial score (nSPS) is 11.9. The van der Waals surface area contributed by atoms with E-state index in [1.165, 1.54) is 0 Å². The lowest BCUT2D eigenvalue weighted by Crippen LogP contribution is -2.13. The Balaban J connectivity index is 1.94. The van der Waals surface area contributed by atoms with Crippen LogP contribution in [-0.4, -0.2) is 10.9 Å². The highest BCUT2D eigenvalue weighted by molar-refractivity contribution is 7.13. The SMILES string of the molecule is C[C@H](N)c1ccc(C(=O)Nc2ccncc2)cc1-c1cccs1. The van der Waals surface area contributed by atoms with Gasteiger partial charge in [0.15, 0.2) is 0 Å². The molecule has 0 saturated heterocycles. The fourth-order valence-corrected chi connectivity index (χ4v) is 3.14. The van der Waals surface area contributed by atoms with E-state index in [4.69, 9.17) is 5.73 Å². The molecule has 1 atom stereocenters. The van der Waals surface area contributed by atoms with Crippen LogP contribution in [0.2, 0.25) is 0 Å². The Hall–Kier alpha value is -2.50. The number of benzene rings is 1. The summed E-state index contributed by atoms with van der Waals surface area (Å²) in [6, 6.07) is 13.1. The summed E-state index contributed by atoms with van der Waals surface area (Å²) in [5, 5.41) is 4.89. The molecule has 1 amide bonds. The predicted octanol–water partition coefficient (Wildman–Crippen LogP) is 4.08. The highest BCUT2D eigenvalue weighted by Crippen LogP contribution is 2.32. The van der Waals surface area contributed by atoms with Crippen molar-refractivity contribution in [1.82, 2.24) is 4.98 Å². The van der Waals surface area contributed by atoms with Crippen molar-refractivity contribution in [2.24, 2.45) is 5.73 Å². The zero-order chi connectivity index (χ0) is 16.2. The van der Waals surface area contributed by atoms with Gasteiger partial charge in [0.25, 0.3) is 5.91 Å². The molecule has 0 aliphatic carbocycles. The second-order valence-corrected chi connectivity index (χ2v) is 6.21. The van der Waals surface area contributed by atoms with Gasteiger partial charge in [0, 0.05) is 34.6 Å². The van der Waals surface area contributed by atoms with Crippen LogP contribution in [0.15, 0.2) is 60.2 Å². The third-order valence-electron chi connectivity index (χ3n) is 3.53. The van der Waals surface area contributed by atoms with Gasteiger partial charge in [0.1, 0.15) is 0 Å². The zero-order valence-electron chi connectivity index (χ0n) is 12.7. The van der Waals surface area contributed by atoms with Crippen LogP contribution in [-0.2, 0) is 0 Å². The van der Waals surface area contributed by atoms with Gasteiger partial charge in [-0.15, -0.1) is 11.3 Å². The smallest absolute Gasteiger partial charge is 0.255 e. The number of anilines is 1. The molecule has 0 saturated carbocycles. The molecule has 2 aromatic heterocycles. The summed E-state index contributed by atoms with van der Waals surface area (Å²) in [4.78, 5) is 17.5. The van der Waals surface area contributed by atoms with Gasteiger partial charge in [-0.2, -0.15) is 0 Å². The molecule has 2 heterocycles. The maximum Gasteiger partial charge on any atom is 0.255 e. The number of hydrogen-bond donors (Lipinski definition) is 2. The van der Waals surface area contributed by atoms with Gasteiger partial charge in [0.2, 0.25) is 0 Å². The number of thiophene rings is 1. The largest absolute Gasteiger partial charge is 0.324 e. The van der Waals surface area contributed by atoms with Crippen molar-refractivity contribution in [3.8, 4) is 10.4 Å². The first-order valence-corrected chi connectivity index (χ1v) is 8.18. The number of nitrogens with two attached hydrogens (primary N) is 1. The number of pyridine rings is 1. The van der Waals surface area contributed by atoms with Gasteiger partial charge < -0.3 is 11.1 Å². The van der Waals surface area contributed by atoms with Crippen LogP contribution in [0.1, 0.15) is 28.9 Å². The van der Waals surface area contributed by atoms with Gasteiger partial charge in [-0.3, -0.25) is 9.78 Å². The molecule has 5 heteroatoms. The van der Waals surface area contributed by atoms with E-state index in [1.54, 1.807) is 35.9 Å². The van der Waals surface area contributed by atoms with Crippen LogP contribution in [0.25, 0.3) is 10.4 Å². The first kappa shape index (κ1) is 15.4. The molecule has 0 aliphatic rings. The van der Waals surface area contributed by atoms with Crippen molar-refractivity contribution in [3.63, 3.8) is 0 Å². The van der Waals surface area contributed by atoms with Crippen LogP contribution in [0.3, 0.4) is 0 Å². The summed E-state index contributed by atoms with van der Waals surface area (Å²) in [5.74, 6) is -0.148. The minimum absolute atomic E-state index is 0.0931. The van der Waals surface area contributed by atoms with Gasteiger partial charge in [-0.25, -0.2) is 0 Å². The first-order valence-electron chi connectivity index (χ1n) is 7.30. The average Bonchev–Trinajstić information content (AvgIpc) is 3.09. The molecule has 0 unspecified atom stereocenters. The fraction of sp³-hybridized carbons (Fsp3) is 0.111. The topological polar surface area (TPSA) is 68.0 Å². The predicted molar refractivity (Wildman–Crippen MR) is 94.5 cm³/mol. The molecule has 0 bridgehead atoms. The van der Waals surface area contributed by atoms with Gasteiger partial charge in [-0.1, -0.05) is 12.1 Å². The Morgan fingerprint density at radius 2 is 2.00 bits per heavy atom. The highest BCUT2D eigenvalue weighted by atomic mass is 32.1. The number of carbonyl (C=O) groups is 1. The molecular formula is C18H17N3OS. The average molecular weight is 323 g/mol. The summed E-state index contributed by atoms with van der Waals surface area (Å²) in [6.45, 7) is 1.95. The summed E-state index contributed by atoms with van der Waals surface area (Å²) in [5.41, 5.74) is 9.44. The molecule has 3 N–H and O–H groups in total. The summed E-state index contributed by atoms with van der Waals surface area (Å²) >= 11 is 1.64. The van der Waals surface area contributed by atoms with Gasteiger partial charge in [-0.05, 0) is 53.8 Å². The van der Waals surface area contributed by atoms with Crippen LogP contribution < -0.4 is 11.1 Å². The van der Waals surface area contributed by atoms with Crippen LogP contribution >= 0.6 is 11.3 Å². The molecule has 0 fully saturated rings. The van der Waals surface area contributed by atoms with E-state index >= 15 is 0 Å². The third-order valence-corrected chi connectivity index (χ3v) is 4.43. The Bertz CT molecular complexity index is 798. The van der Waals surface area contributed by atoms with Crippen molar-refractivity contribution in [2.75, 3.05) is 5.32 Å². The molecule has 0 radical (unpaired) electrons. The molecule has 4 nitrogen and oxygen atoms in total. The molecule has 23 heavy (non-hydrogen) atoms. The van der Waals surface area contributed by atoms with Gasteiger partial charge in [0.05, 0.1) is 0 Å². The Morgan fingerprint density at radius 1 is 1.22 bits per heavy atom. The quantitative estimate of drug-likeness (QED) is 0.760. The Kier molecular flexibility index (Phi) is 4.50. The lowest BCUT2D eigenvalue weighted by Gasteiger charge is -2.14. The lowest BCUT2D eigenvalue weighted by atomic mass is 9.98. The van der Waals surface area contributed by atoms with Crippen LogP contribution in [0.4, 0.5) is 5.69 Å². The molecule has 3 aromatic rings. The van der Waals surface area contributed by atoms with Gasteiger partial charge >= 0.3 is 0 Å². The van der Waals surface area contributed by atoms with E-state index in [0.29, 0.717) is 5.56 Å². The maximum absolute atomic E-state index is 12.5. The lowest BCUT2D eigenvalue weighted by molar-refractivity contribution is 0.102. The highest BCUT2D eigenvalue weighted by Gasteiger charge is 2.14. The van der Waals surface area contributed by atoms with E-state index in [1.807, 2.05) is 42.6 Å². The van der Waals surface area contributed by atoms with E-state index in [-0.39, 0.29) is 11.9 Å². The number of hydrogen-bond acceptors (Lipinski definition) is 4. The molecule has 116 valence electrons. The van der Waals surface area contributed by atoms with E-state index in [9.17, 15) is 4.79 Å². The summed E-state index contributed by atoms with van der Waals surface area (Å²) in [6.07, 6.45) is 3.29. The number of nitrogens with zero attached hydrogens (tertiary/aromatic N) is 1. The summed E-state index contributed by atoms with van der Waals surface area (Å²) in [7, 11) is 0. The second-order valence-electron chi connectivity index (χ2n) is 5.26. The second kappa shape index (κ2) is 6.73. The fourth-order valence-electron chi connectivity index (χ4n) is 2.38. The molecule has 0 spiro atoms.